The molecule has 1 aliphatic heterocycles. The van der Waals surface area contributed by atoms with Gasteiger partial charge in [-0.05, 0) is 30.2 Å². The molecule has 1 fully saturated rings. The van der Waals surface area contributed by atoms with E-state index in [2.05, 4.69) is 0 Å². The summed E-state index contributed by atoms with van der Waals surface area (Å²) in [5, 5.41) is 0. The molecule has 18 heavy (non-hydrogen) atoms. The first-order valence-corrected chi connectivity index (χ1v) is 6.04. The van der Waals surface area contributed by atoms with Crippen molar-refractivity contribution in [2.24, 2.45) is 0 Å². The van der Waals surface area contributed by atoms with Gasteiger partial charge in [-0.25, -0.2) is 0 Å². The number of nitrogens with zero attached hydrogens (tertiary/aromatic N) is 1. The minimum atomic E-state index is 0.0250. The van der Waals surface area contributed by atoms with Crippen LogP contribution in [0.2, 0.25) is 0 Å². The van der Waals surface area contributed by atoms with Gasteiger partial charge < -0.3 is 15.4 Å². The fourth-order valence-electron chi connectivity index (χ4n) is 2.06. The average Bonchev–Trinajstić information content (AvgIpc) is 2.85. The second kappa shape index (κ2) is 5.69. The lowest BCUT2D eigenvalue weighted by molar-refractivity contribution is -0.125. The molecule has 2 N–H and O–H groups in total. The zero-order valence-corrected chi connectivity index (χ0v) is 10.5. The van der Waals surface area contributed by atoms with Crippen molar-refractivity contribution in [2.45, 2.75) is 12.5 Å². The van der Waals surface area contributed by atoms with Crippen LogP contribution in [-0.4, -0.2) is 37.1 Å². The normalized spacial score (nSPS) is 19.6. The van der Waals surface area contributed by atoms with Crippen molar-refractivity contribution in [3.05, 3.63) is 35.9 Å². The van der Waals surface area contributed by atoms with Crippen molar-refractivity contribution in [2.75, 3.05) is 25.9 Å². The van der Waals surface area contributed by atoms with Gasteiger partial charge in [0.2, 0.25) is 5.91 Å². The number of ether oxygens (including phenoxy) is 1. The quantitative estimate of drug-likeness (QED) is 0.650. The Labute approximate surface area is 107 Å². The standard InChI is InChI=1S/C14H18N2O2/c1-18-13-7-8-16(10-13)14(17)6-5-11-3-2-4-12(15)9-11/h2-6,9,13H,7-8,10,15H2,1H3/b6-5+. The third kappa shape index (κ3) is 3.11. The molecule has 0 aromatic heterocycles. The maximum absolute atomic E-state index is 11.9. The predicted octanol–water partition coefficient (Wildman–Crippen LogP) is 1.53. The van der Waals surface area contributed by atoms with Gasteiger partial charge in [0, 0.05) is 32.0 Å². The first-order valence-electron chi connectivity index (χ1n) is 6.04. The lowest BCUT2D eigenvalue weighted by atomic mass is 10.2. The highest BCUT2D eigenvalue weighted by Crippen LogP contribution is 2.13. The number of carbonyl (C=O) groups excluding carboxylic acids is 1. The van der Waals surface area contributed by atoms with Crippen LogP contribution in [0.1, 0.15) is 12.0 Å². The monoisotopic (exact) mass is 246 g/mol. The topological polar surface area (TPSA) is 55.6 Å². The number of carbonyl (C=O) groups is 1. The first-order chi connectivity index (χ1) is 8.69. The number of methoxy groups -OCH3 is 1. The Morgan fingerprint density at radius 2 is 2.39 bits per heavy atom. The molecule has 2 rings (SSSR count). The predicted molar refractivity (Wildman–Crippen MR) is 71.9 cm³/mol. The molecule has 4 heteroatoms. The van der Waals surface area contributed by atoms with Crippen LogP contribution >= 0.6 is 0 Å². The van der Waals surface area contributed by atoms with Crippen molar-refractivity contribution >= 4 is 17.7 Å². The molecule has 1 unspecified atom stereocenters. The first kappa shape index (κ1) is 12.6. The molecule has 1 aromatic carbocycles. The molecular weight excluding hydrogens is 228 g/mol. The number of likely N-dealkylation sites (tertiary alicyclic amines) is 1. The summed E-state index contributed by atoms with van der Waals surface area (Å²) in [5.41, 5.74) is 7.31. The molecule has 1 aliphatic rings. The van der Waals surface area contributed by atoms with Crippen LogP contribution in [0.5, 0.6) is 0 Å². The van der Waals surface area contributed by atoms with E-state index >= 15 is 0 Å². The van der Waals surface area contributed by atoms with E-state index in [9.17, 15) is 4.79 Å². The highest BCUT2D eigenvalue weighted by Gasteiger charge is 2.24. The van der Waals surface area contributed by atoms with Crippen molar-refractivity contribution in [3.8, 4) is 0 Å². The van der Waals surface area contributed by atoms with Crippen molar-refractivity contribution in [1.82, 2.24) is 4.90 Å². The lowest BCUT2D eigenvalue weighted by Gasteiger charge is -2.13. The van der Waals surface area contributed by atoms with Gasteiger partial charge in [0.25, 0.3) is 0 Å². The van der Waals surface area contributed by atoms with E-state index in [1.165, 1.54) is 0 Å². The van der Waals surface area contributed by atoms with Gasteiger partial charge in [0.1, 0.15) is 0 Å². The second-order valence-corrected chi connectivity index (χ2v) is 4.43. The number of hydrogen-bond acceptors (Lipinski definition) is 3. The van der Waals surface area contributed by atoms with Gasteiger partial charge in [-0.3, -0.25) is 4.79 Å². The lowest BCUT2D eigenvalue weighted by Crippen LogP contribution is -2.28. The molecule has 1 aromatic rings. The number of nitrogen functional groups attached to an aromatic ring is 1. The summed E-state index contributed by atoms with van der Waals surface area (Å²) in [7, 11) is 1.68. The van der Waals surface area contributed by atoms with Gasteiger partial charge in [-0.15, -0.1) is 0 Å². The van der Waals surface area contributed by atoms with Crippen LogP contribution in [0.3, 0.4) is 0 Å². The van der Waals surface area contributed by atoms with Crippen LogP contribution in [0.25, 0.3) is 6.08 Å². The maximum atomic E-state index is 11.9. The Morgan fingerprint density at radius 1 is 1.56 bits per heavy atom. The summed E-state index contributed by atoms with van der Waals surface area (Å²) in [5.74, 6) is 0.0250. The second-order valence-electron chi connectivity index (χ2n) is 4.43. The Kier molecular flexibility index (Phi) is 3.99. The number of benzene rings is 1. The molecule has 1 atom stereocenters. The Bertz CT molecular complexity index is 457. The molecule has 0 radical (unpaired) electrons. The van der Waals surface area contributed by atoms with Gasteiger partial charge >= 0.3 is 0 Å². The van der Waals surface area contributed by atoms with E-state index in [1.54, 1.807) is 24.2 Å². The van der Waals surface area contributed by atoms with Gasteiger partial charge in [0.15, 0.2) is 0 Å². The Balaban J connectivity index is 1.95. The van der Waals surface area contributed by atoms with E-state index in [0.717, 1.165) is 18.5 Å². The smallest absolute Gasteiger partial charge is 0.246 e. The molecular formula is C14H18N2O2. The molecule has 96 valence electrons. The molecule has 0 bridgehead atoms. The maximum Gasteiger partial charge on any atom is 0.246 e. The molecule has 0 aliphatic carbocycles. The van der Waals surface area contributed by atoms with Crippen LogP contribution in [-0.2, 0) is 9.53 Å². The van der Waals surface area contributed by atoms with Crippen molar-refractivity contribution in [1.29, 1.82) is 0 Å². The largest absolute Gasteiger partial charge is 0.399 e. The van der Waals surface area contributed by atoms with E-state index in [0.29, 0.717) is 12.2 Å². The van der Waals surface area contributed by atoms with Crippen molar-refractivity contribution < 1.29 is 9.53 Å². The van der Waals surface area contributed by atoms with Gasteiger partial charge in [-0.1, -0.05) is 12.1 Å². The molecule has 4 nitrogen and oxygen atoms in total. The Hall–Kier alpha value is -1.81. The summed E-state index contributed by atoms with van der Waals surface area (Å²) in [6, 6.07) is 7.45. The molecule has 1 amide bonds. The Morgan fingerprint density at radius 3 is 3.06 bits per heavy atom. The minimum Gasteiger partial charge on any atom is -0.399 e. The summed E-state index contributed by atoms with van der Waals surface area (Å²) in [6.45, 7) is 1.44. The number of rotatable bonds is 3. The van der Waals surface area contributed by atoms with Crippen LogP contribution < -0.4 is 5.73 Å². The van der Waals surface area contributed by atoms with E-state index in [1.807, 2.05) is 24.3 Å². The average molecular weight is 246 g/mol. The van der Waals surface area contributed by atoms with E-state index in [-0.39, 0.29) is 12.0 Å². The third-order valence-corrected chi connectivity index (χ3v) is 3.12. The third-order valence-electron chi connectivity index (χ3n) is 3.12. The SMILES string of the molecule is COC1CCN(C(=O)/C=C/c2cccc(N)c2)C1. The van der Waals surface area contributed by atoms with Crippen LogP contribution in [0.15, 0.2) is 30.3 Å². The minimum absolute atomic E-state index is 0.0250. The molecule has 0 spiro atoms. The van der Waals surface area contributed by atoms with E-state index < -0.39 is 0 Å². The zero-order valence-electron chi connectivity index (χ0n) is 10.5. The fourth-order valence-corrected chi connectivity index (χ4v) is 2.06. The fraction of sp³-hybridized carbons (Fsp3) is 0.357. The van der Waals surface area contributed by atoms with Crippen LogP contribution in [0.4, 0.5) is 5.69 Å². The molecule has 1 saturated heterocycles. The zero-order chi connectivity index (χ0) is 13.0. The summed E-state index contributed by atoms with van der Waals surface area (Å²) in [4.78, 5) is 13.7. The van der Waals surface area contributed by atoms with Gasteiger partial charge in [0.05, 0.1) is 6.10 Å². The van der Waals surface area contributed by atoms with Crippen molar-refractivity contribution in [3.63, 3.8) is 0 Å². The number of hydrogen-bond donors (Lipinski definition) is 1. The summed E-state index contributed by atoms with van der Waals surface area (Å²) >= 11 is 0. The number of anilines is 1. The highest BCUT2D eigenvalue weighted by molar-refractivity contribution is 5.92. The van der Waals surface area contributed by atoms with Gasteiger partial charge in [-0.2, -0.15) is 0 Å². The van der Waals surface area contributed by atoms with Crippen LogP contribution in [0, 0.1) is 0 Å². The summed E-state index contributed by atoms with van der Waals surface area (Å²) in [6.07, 6.45) is 4.47. The number of amides is 1. The number of nitrogens with two attached hydrogens (primary N) is 1. The molecule has 1 heterocycles. The molecule has 0 saturated carbocycles. The summed E-state index contributed by atoms with van der Waals surface area (Å²) < 4.78 is 5.24. The van der Waals surface area contributed by atoms with E-state index in [4.69, 9.17) is 10.5 Å². The highest BCUT2D eigenvalue weighted by atomic mass is 16.5.